The minimum absolute atomic E-state index is 0.675. The molecule has 0 saturated heterocycles. The molecule has 0 atom stereocenters. The van der Waals surface area contributed by atoms with E-state index in [4.69, 9.17) is 13.3 Å². The van der Waals surface area contributed by atoms with Crippen LogP contribution in [0.25, 0.3) is 0 Å². The van der Waals surface area contributed by atoms with Gasteiger partial charge in [-0.1, -0.05) is 32.6 Å². The van der Waals surface area contributed by atoms with E-state index < -0.39 is 8.80 Å². The van der Waals surface area contributed by atoms with E-state index in [9.17, 15) is 0 Å². The molecule has 0 spiro atoms. The molecule has 0 amide bonds. The van der Waals surface area contributed by atoms with Crippen LogP contribution in [0.4, 0.5) is 0 Å². The first kappa shape index (κ1) is 18.1. The van der Waals surface area contributed by atoms with Crippen molar-refractivity contribution in [3.05, 3.63) is 6.42 Å². The van der Waals surface area contributed by atoms with Crippen molar-refractivity contribution in [3.63, 3.8) is 0 Å². The van der Waals surface area contributed by atoms with Gasteiger partial charge in [0.1, 0.15) is 0 Å². The number of hydrogen-bond donors (Lipinski definition) is 0. The lowest BCUT2D eigenvalue weighted by Crippen LogP contribution is -2.45. The lowest BCUT2D eigenvalue weighted by atomic mass is 10.1. The molecule has 0 saturated carbocycles. The maximum absolute atomic E-state index is 5.82. The third-order valence-corrected chi connectivity index (χ3v) is 5.88. The molecule has 0 aromatic carbocycles. The summed E-state index contributed by atoms with van der Waals surface area (Å²) in [6.45, 7) is 10.3. The van der Waals surface area contributed by atoms with E-state index in [-0.39, 0.29) is 0 Å². The van der Waals surface area contributed by atoms with Crippen LogP contribution in [0, 0.1) is 6.42 Å². The zero-order valence-electron chi connectivity index (χ0n) is 12.7. The summed E-state index contributed by atoms with van der Waals surface area (Å²) in [6, 6.07) is 0.947. The highest BCUT2D eigenvalue weighted by Gasteiger charge is 2.39. The fraction of sp³-hybridized carbons (Fsp3) is 0.929. The average molecular weight is 275 g/mol. The first-order chi connectivity index (χ1) is 8.74. The Kier molecular flexibility index (Phi) is 12.2. The fourth-order valence-electron chi connectivity index (χ4n) is 1.98. The van der Waals surface area contributed by atoms with Crippen molar-refractivity contribution in [1.82, 2.24) is 0 Å². The Labute approximate surface area is 115 Å². The Balaban J connectivity index is 3.97. The predicted octanol–water partition coefficient (Wildman–Crippen LogP) is 4.21. The van der Waals surface area contributed by atoms with Gasteiger partial charge in [0, 0.05) is 25.9 Å². The summed E-state index contributed by atoms with van der Waals surface area (Å²) < 4.78 is 17.5. The van der Waals surface area contributed by atoms with E-state index >= 15 is 0 Å². The predicted molar refractivity (Wildman–Crippen MR) is 78.5 cm³/mol. The number of hydrogen-bond acceptors (Lipinski definition) is 3. The van der Waals surface area contributed by atoms with E-state index in [1.54, 1.807) is 0 Å². The summed E-state index contributed by atoms with van der Waals surface area (Å²) in [6.07, 6.45) is 8.39. The second kappa shape index (κ2) is 12.1. The quantitative estimate of drug-likeness (QED) is 0.372. The Morgan fingerprint density at radius 3 is 1.78 bits per heavy atom. The maximum Gasteiger partial charge on any atom is 0.500 e. The van der Waals surface area contributed by atoms with E-state index in [1.165, 1.54) is 25.7 Å². The summed E-state index contributed by atoms with van der Waals surface area (Å²) in [7, 11) is -2.38. The molecular formula is C14H31O3Si. The second-order valence-electron chi connectivity index (χ2n) is 4.31. The zero-order chi connectivity index (χ0) is 13.7. The van der Waals surface area contributed by atoms with Crippen molar-refractivity contribution in [1.29, 1.82) is 0 Å². The Bertz CT molecular complexity index is 159. The van der Waals surface area contributed by atoms with Crippen LogP contribution in [0.15, 0.2) is 0 Å². The molecule has 0 aliphatic heterocycles. The van der Waals surface area contributed by atoms with E-state index in [0.29, 0.717) is 19.8 Å². The smallest absolute Gasteiger partial charge is 0.374 e. The Morgan fingerprint density at radius 1 is 0.778 bits per heavy atom. The van der Waals surface area contributed by atoms with Crippen molar-refractivity contribution in [2.45, 2.75) is 65.8 Å². The van der Waals surface area contributed by atoms with E-state index in [2.05, 4.69) is 13.3 Å². The summed E-state index contributed by atoms with van der Waals surface area (Å²) in [5.41, 5.74) is 0. The van der Waals surface area contributed by atoms with Gasteiger partial charge in [-0.15, -0.1) is 0 Å². The SMILES string of the molecule is CCC[CH]CCCC[Si](OCC)(OCC)OCC. The first-order valence-corrected chi connectivity index (χ1v) is 9.41. The van der Waals surface area contributed by atoms with Gasteiger partial charge in [0.15, 0.2) is 0 Å². The molecule has 4 heteroatoms. The number of unbranched alkanes of at least 4 members (excludes halogenated alkanes) is 5. The van der Waals surface area contributed by atoms with E-state index in [0.717, 1.165) is 12.5 Å². The van der Waals surface area contributed by atoms with Gasteiger partial charge < -0.3 is 13.3 Å². The lowest BCUT2D eigenvalue weighted by Gasteiger charge is -2.28. The molecule has 0 bridgehead atoms. The molecule has 0 rings (SSSR count). The van der Waals surface area contributed by atoms with Crippen LogP contribution in [-0.4, -0.2) is 28.6 Å². The largest absolute Gasteiger partial charge is 0.500 e. The third kappa shape index (κ3) is 8.24. The molecule has 18 heavy (non-hydrogen) atoms. The lowest BCUT2D eigenvalue weighted by molar-refractivity contribution is 0.0707. The highest BCUT2D eigenvalue weighted by molar-refractivity contribution is 6.60. The number of rotatable bonds is 13. The molecule has 0 N–H and O–H groups in total. The summed E-state index contributed by atoms with van der Waals surface area (Å²) in [5.74, 6) is 0. The van der Waals surface area contributed by atoms with Crippen molar-refractivity contribution >= 4 is 8.80 Å². The maximum atomic E-state index is 5.82. The second-order valence-corrected chi connectivity index (χ2v) is 7.04. The van der Waals surface area contributed by atoms with Crippen LogP contribution in [0.5, 0.6) is 0 Å². The monoisotopic (exact) mass is 275 g/mol. The molecule has 109 valence electrons. The van der Waals surface area contributed by atoms with Crippen molar-refractivity contribution < 1.29 is 13.3 Å². The molecule has 0 heterocycles. The van der Waals surface area contributed by atoms with Crippen LogP contribution in [0.3, 0.4) is 0 Å². The Hall–Kier alpha value is 0.0969. The van der Waals surface area contributed by atoms with Gasteiger partial charge in [-0.25, -0.2) is 0 Å². The van der Waals surface area contributed by atoms with Gasteiger partial charge in [-0.2, -0.15) is 0 Å². The molecule has 0 aromatic rings. The molecular weight excluding hydrogens is 244 g/mol. The average Bonchev–Trinajstić information content (AvgIpc) is 2.35. The molecule has 0 fully saturated rings. The van der Waals surface area contributed by atoms with Crippen LogP contribution < -0.4 is 0 Å². The van der Waals surface area contributed by atoms with Gasteiger partial charge in [-0.05, 0) is 33.6 Å². The van der Waals surface area contributed by atoms with Crippen LogP contribution in [-0.2, 0) is 13.3 Å². The van der Waals surface area contributed by atoms with Crippen molar-refractivity contribution in [3.8, 4) is 0 Å². The van der Waals surface area contributed by atoms with Gasteiger partial charge in [0.25, 0.3) is 0 Å². The third-order valence-electron chi connectivity index (χ3n) is 2.73. The van der Waals surface area contributed by atoms with Crippen molar-refractivity contribution in [2.75, 3.05) is 19.8 Å². The summed E-state index contributed by atoms with van der Waals surface area (Å²) in [5, 5.41) is 0. The zero-order valence-corrected chi connectivity index (χ0v) is 13.7. The van der Waals surface area contributed by atoms with Crippen LogP contribution >= 0.6 is 0 Å². The van der Waals surface area contributed by atoms with Crippen molar-refractivity contribution in [2.24, 2.45) is 0 Å². The van der Waals surface area contributed by atoms with Gasteiger partial charge in [0.2, 0.25) is 0 Å². The molecule has 0 aliphatic carbocycles. The normalized spacial score (nSPS) is 12.0. The summed E-state index contributed by atoms with van der Waals surface area (Å²) in [4.78, 5) is 0. The first-order valence-electron chi connectivity index (χ1n) is 7.48. The van der Waals surface area contributed by atoms with Gasteiger partial charge in [0.05, 0.1) is 0 Å². The highest BCUT2D eigenvalue weighted by atomic mass is 28.4. The fourth-order valence-corrected chi connectivity index (χ4v) is 4.67. The highest BCUT2D eigenvalue weighted by Crippen LogP contribution is 2.20. The molecule has 3 nitrogen and oxygen atoms in total. The molecule has 0 unspecified atom stereocenters. The Morgan fingerprint density at radius 2 is 1.33 bits per heavy atom. The summed E-state index contributed by atoms with van der Waals surface area (Å²) >= 11 is 0. The van der Waals surface area contributed by atoms with Gasteiger partial charge >= 0.3 is 8.80 Å². The van der Waals surface area contributed by atoms with Crippen LogP contribution in [0.2, 0.25) is 6.04 Å². The molecule has 0 aliphatic rings. The minimum atomic E-state index is -2.38. The van der Waals surface area contributed by atoms with Gasteiger partial charge in [-0.3, -0.25) is 0 Å². The molecule has 1 radical (unpaired) electrons. The molecule has 0 aromatic heterocycles. The van der Waals surface area contributed by atoms with E-state index in [1.807, 2.05) is 20.8 Å². The standard InChI is InChI=1S/C14H31O3Si/c1-5-9-10-11-12-13-14-18(15-6-2,16-7-3)17-8-4/h10H,5-9,11-14H2,1-4H3. The topological polar surface area (TPSA) is 27.7 Å². The van der Waals surface area contributed by atoms with Crippen LogP contribution in [0.1, 0.15) is 59.8 Å². The minimum Gasteiger partial charge on any atom is -0.374 e.